The predicted octanol–water partition coefficient (Wildman–Crippen LogP) is 4.96. The van der Waals surface area contributed by atoms with Crippen LogP contribution in [0, 0.1) is 24.7 Å². The number of hydrogen-bond acceptors (Lipinski definition) is 5. The van der Waals surface area contributed by atoms with E-state index >= 15 is 0 Å². The van der Waals surface area contributed by atoms with Gasteiger partial charge in [0, 0.05) is 10.8 Å². The fourth-order valence-electron chi connectivity index (χ4n) is 7.37. The number of aliphatic hydroxyl groups is 1. The fraction of sp³-hybridized carbons (Fsp3) is 0.480. The van der Waals surface area contributed by atoms with Crippen molar-refractivity contribution in [2.24, 2.45) is 17.8 Å². The van der Waals surface area contributed by atoms with Crippen molar-refractivity contribution in [3.05, 3.63) is 61.8 Å². The summed E-state index contributed by atoms with van der Waals surface area (Å²) in [6, 6.07) is 5.83. The van der Waals surface area contributed by atoms with Crippen LogP contribution in [0.25, 0.3) is 16.5 Å². The Morgan fingerprint density at radius 3 is 2.52 bits per heavy atom. The summed E-state index contributed by atoms with van der Waals surface area (Å²) in [6.45, 7) is 2.31. The first-order valence-electron chi connectivity index (χ1n) is 11.4. The molecule has 5 nitrogen and oxygen atoms in total. The Bertz CT molecular complexity index is 1310. The Hall–Kier alpha value is -2.47. The molecule has 6 heteroatoms. The third-order valence-corrected chi connectivity index (χ3v) is 9.12. The van der Waals surface area contributed by atoms with Crippen LogP contribution >= 0.6 is 11.3 Å². The van der Waals surface area contributed by atoms with Gasteiger partial charge in [-0.1, -0.05) is 11.6 Å². The molecular formula is C25H25N3O2S. The summed E-state index contributed by atoms with van der Waals surface area (Å²) < 4.78 is 1.95. The van der Waals surface area contributed by atoms with E-state index in [-0.39, 0.29) is 16.7 Å². The number of nitrogens with zero attached hydrogens (tertiary/aromatic N) is 3. The Balaban J connectivity index is 1.33. The molecule has 4 aliphatic carbocycles. The van der Waals surface area contributed by atoms with Crippen LogP contribution in [0.2, 0.25) is 0 Å². The van der Waals surface area contributed by atoms with E-state index in [2.05, 4.69) is 10.4 Å². The van der Waals surface area contributed by atoms with E-state index in [1.54, 1.807) is 11.3 Å². The lowest BCUT2D eigenvalue weighted by atomic mass is 9.49. The first kappa shape index (κ1) is 18.1. The number of aromatic nitrogens is 3. The monoisotopic (exact) mass is 431 g/mol. The second kappa shape index (κ2) is 6.06. The molecule has 3 aromatic rings. The molecule has 0 atom stereocenters. The van der Waals surface area contributed by atoms with E-state index in [0.717, 1.165) is 33.8 Å². The molecule has 31 heavy (non-hydrogen) atoms. The van der Waals surface area contributed by atoms with E-state index in [9.17, 15) is 9.90 Å². The van der Waals surface area contributed by atoms with Crippen LogP contribution in [0.5, 0.6) is 0 Å². The van der Waals surface area contributed by atoms with E-state index in [1.165, 1.54) is 44.2 Å². The first-order valence-corrected chi connectivity index (χ1v) is 12.3. The molecule has 2 aromatic heterocycles. The summed E-state index contributed by atoms with van der Waals surface area (Å²) in [6.07, 6.45) is 8.04. The van der Waals surface area contributed by atoms with Crippen molar-refractivity contribution in [3.63, 3.8) is 0 Å². The number of hydrogen-bond donors (Lipinski definition) is 1. The topological polar surface area (TPSA) is 68.0 Å². The fourth-order valence-corrected chi connectivity index (χ4v) is 8.38. The van der Waals surface area contributed by atoms with Gasteiger partial charge in [-0.15, -0.1) is 11.3 Å². The van der Waals surface area contributed by atoms with Gasteiger partial charge in [-0.2, -0.15) is 4.98 Å². The number of allylic oxidation sites excluding steroid dienone is 1. The van der Waals surface area contributed by atoms with Gasteiger partial charge in [0.15, 0.2) is 5.82 Å². The molecule has 158 valence electrons. The number of thiazole rings is 1. The second-order valence-corrected chi connectivity index (χ2v) is 11.3. The van der Waals surface area contributed by atoms with Gasteiger partial charge in [0.2, 0.25) is 0 Å². The number of rotatable bonds is 2. The summed E-state index contributed by atoms with van der Waals surface area (Å²) in [7, 11) is 0. The van der Waals surface area contributed by atoms with E-state index in [4.69, 9.17) is 4.98 Å². The van der Waals surface area contributed by atoms with Gasteiger partial charge < -0.3 is 9.67 Å². The van der Waals surface area contributed by atoms with Gasteiger partial charge in [-0.05, 0) is 75.3 Å². The molecule has 0 unspecified atom stereocenters. The first-order chi connectivity index (χ1) is 15.0. The zero-order valence-corrected chi connectivity index (χ0v) is 18.4. The van der Waals surface area contributed by atoms with Crippen LogP contribution in [0.1, 0.15) is 60.6 Å². The zero-order chi connectivity index (χ0) is 20.9. The van der Waals surface area contributed by atoms with Gasteiger partial charge >= 0.3 is 0 Å². The largest absolute Gasteiger partial charge is 0.510 e. The predicted molar refractivity (Wildman–Crippen MR) is 121 cm³/mol. The summed E-state index contributed by atoms with van der Waals surface area (Å²) in [5.41, 5.74) is 3.69. The van der Waals surface area contributed by atoms with Crippen LogP contribution in [-0.4, -0.2) is 19.6 Å². The molecule has 0 amide bonds. The number of fused-ring (bicyclic) bond motifs is 3. The van der Waals surface area contributed by atoms with Crippen LogP contribution in [-0.2, 0) is 12.0 Å². The molecule has 1 N–H and O–H groups in total. The molecule has 0 saturated heterocycles. The highest BCUT2D eigenvalue weighted by molar-refractivity contribution is 7.10. The Morgan fingerprint density at radius 1 is 1.10 bits per heavy atom. The van der Waals surface area contributed by atoms with Crippen molar-refractivity contribution in [1.82, 2.24) is 14.5 Å². The third kappa shape index (κ3) is 2.51. The second-order valence-electron chi connectivity index (χ2n) is 10.4. The lowest BCUT2D eigenvalue weighted by Crippen LogP contribution is -2.48. The highest BCUT2D eigenvalue weighted by Gasteiger charge is 2.52. The van der Waals surface area contributed by atoms with E-state index < -0.39 is 0 Å². The Kier molecular flexibility index (Phi) is 3.55. The van der Waals surface area contributed by atoms with Crippen molar-refractivity contribution >= 4 is 27.8 Å². The van der Waals surface area contributed by atoms with Crippen LogP contribution in [0.15, 0.2) is 34.1 Å². The summed E-state index contributed by atoms with van der Waals surface area (Å²) in [5.74, 6) is 3.40. The van der Waals surface area contributed by atoms with Gasteiger partial charge in [0.1, 0.15) is 10.8 Å². The zero-order valence-electron chi connectivity index (χ0n) is 17.6. The van der Waals surface area contributed by atoms with Crippen LogP contribution in [0.3, 0.4) is 0 Å². The summed E-state index contributed by atoms with van der Waals surface area (Å²) >= 11 is 1.59. The number of benzene rings is 1. The maximum atomic E-state index is 12.8. The highest BCUT2D eigenvalue weighted by Crippen LogP contribution is 2.60. The van der Waals surface area contributed by atoms with Gasteiger partial charge in [0.05, 0.1) is 28.7 Å². The molecule has 5 aliphatic rings. The van der Waals surface area contributed by atoms with Crippen LogP contribution in [0.4, 0.5) is 0 Å². The lowest BCUT2D eigenvalue weighted by molar-refractivity contribution is -0.00694. The molecule has 1 aliphatic heterocycles. The smallest absolute Gasteiger partial charge is 0.281 e. The highest BCUT2D eigenvalue weighted by atomic mass is 32.1. The maximum Gasteiger partial charge on any atom is 0.281 e. The SMILES string of the molecule is Cc1ccc2c(c1)c(=O)nc1n2CC(O)=C1c1nc(C23CC4CC(CC(C4)C2)C3)cs1. The molecule has 1 aromatic carbocycles. The summed E-state index contributed by atoms with van der Waals surface area (Å²) in [4.78, 5) is 22.3. The molecule has 4 bridgehead atoms. The Labute approximate surface area is 184 Å². The van der Waals surface area contributed by atoms with E-state index in [1.807, 2.05) is 29.7 Å². The minimum Gasteiger partial charge on any atom is -0.510 e. The van der Waals surface area contributed by atoms with Crippen molar-refractivity contribution < 1.29 is 5.11 Å². The molecule has 4 saturated carbocycles. The molecule has 3 heterocycles. The molecule has 4 fully saturated rings. The van der Waals surface area contributed by atoms with Crippen molar-refractivity contribution in [2.75, 3.05) is 0 Å². The normalized spacial score (nSPS) is 31.1. The van der Waals surface area contributed by atoms with Crippen molar-refractivity contribution in [1.29, 1.82) is 0 Å². The number of aryl methyl sites for hydroxylation is 1. The van der Waals surface area contributed by atoms with Gasteiger partial charge in [-0.25, -0.2) is 4.98 Å². The minimum absolute atomic E-state index is 0.228. The summed E-state index contributed by atoms with van der Waals surface area (Å²) in [5, 5.41) is 14.5. The lowest BCUT2D eigenvalue weighted by Gasteiger charge is -2.56. The molecule has 0 radical (unpaired) electrons. The van der Waals surface area contributed by atoms with Crippen LogP contribution < -0.4 is 5.56 Å². The van der Waals surface area contributed by atoms with Crippen molar-refractivity contribution in [3.8, 4) is 0 Å². The van der Waals surface area contributed by atoms with Gasteiger partial charge in [-0.3, -0.25) is 4.79 Å². The number of aliphatic hydroxyl groups excluding tert-OH is 1. The molecule has 8 rings (SSSR count). The maximum absolute atomic E-state index is 12.8. The molecular weight excluding hydrogens is 406 g/mol. The van der Waals surface area contributed by atoms with Crippen molar-refractivity contribution in [2.45, 2.75) is 57.4 Å². The molecule has 0 spiro atoms. The average molecular weight is 432 g/mol. The van der Waals surface area contributed by atoms with E-state index in [0.29, 0.717) is 23.3 Å². The average Bonchev–Trinajstić information content (AvgIpc) is 3.32. The standard InChI is InChI=1S/C25H25N3O2S/c1-13-2-3-18-17(4-13)23(30)27-22-21(19(29)11-28(18)22)24-26-20(12-31-24)25-8-14-5-15(9-25)7-16(6-14)10-25/h2-4,12,14-16,29H,5-11H2,1H3. The third-order valence-electron chi connectivity index (χ3n) is 8.26. The quantitative estimate of drug-likeness (QED) is 0.623. The minimum atomic E-state index is -0.241. The Morgan fingerprint density at radius 2 is 1.81 bits per heavy atom. The van der Waals surface area contributed by atoms with Gasteiger partial charge in [0.25, 0.3) is 5.56 Å².